The zero-order chi connectivity index (χ0) is 14.5. The van der Waals surface area contributed by atoms with Gasteiger partial charge in [-0.1, -0.05) is 12.1 Å². The van der Waals surface area contributed by atoms with Gasteiger partial charge in [-0.15, -0.1) is 0 Å². The first-order valence-corrected chi connectivity index (χ1v) is 6.37. The minimum atomic E-state index is -0.820. The molecule has 0 saturated carbocycles. The molecule has 1 atom stereocenters. The number of carbonyl (C=O) groups excluding carboxylic acids is 2. The molecule has 1 saturated heterocycles. The van der Waals surface area contributed by atoms with Gasteiger partial charge in [0.25, 0.3) is 0 Å². The summed E-state index contributed by atoms with van der Waals surface area (Å²) in [5.41, 5.74) is 5.80. The van der Waals surface area contributed by atoms with Crippen LogP contribution >= 0.6 is 0 Å². The quantitative estimate of drug-likeness (QED) is 0.902. The molecule has 1 heterocycles. The number of amides is 2. The van der Waals surface area contributed by atoms with Gasteiger partial charge in [0.05, 0.1) is 13.0 Å². The number of hydrogen-bond acceptors (Lipinski definition) is 3. The molecule has 107 valence electrons. The fraction of sp³-hybridized carbons (Fsp3) is 0.357. The van der Waals surface area contributed by atoms with Crippen molar-refractivity contribution in [3.8, 4) is 0 Å². The van der Waals surface area contributed by atoms with Gasteiger partial charge in [-0.3, -0.25) is 4.79 Å². The van der Waals surface area contributed by atoms with Gasteiger partial charge in [0.1, 0.15) is 11.9 Å². The highest BCUT2D eigenvalue weighted by atomic mass is 19.1. The molecule has 2 rings (SSSR count). The number of nitrogens with two attached hydrogens (primary N) is 1. The van der Waals surface area contributed by atoms with Gasteiger partial charge in [0.2, 0.25) is 5.91 Å². The van der Waals surface area contributed by atoms with E-state index in [2.05, 4.69) is 0 Å². The van der Waals surface area contributed by atoms with Crippen LogP contribution in [0.25, 0.3) is 0 Å². The second-order valence-corrected chi connectivity index (χ2v) is 4.67. The lowest BCUT2D eigenvalue weighted by molar-refractivity contribution is -0.127. The summed E-state index contributed by atoms with van der Waals surface area (Å²) in [4.78, 5) is 24.2. The lowest BCUT2D eigenvalue weighted by Crippen LogP contribution is -2.32. The highest BCUT2D eigenvalue weighted by Crippen LogP contribution is 2.14. The molecule has 1 radical (unpaired) electrons. The fourth-order valence-corrected chi connectivity index (χ4v) is 2.14. The third-order valence-corrected chi connectivity index (χ3v) is 3.17. The summed E-state index contributed by atoms with van der Waals surface area (Å²) in [5.74, 6) is -0.420. The maximum absolute atomic E-state index is 12.7. The van der Waals surface area contributed by atoms with Crippen molar-refractivity contribution in [3.05, 3.63) is 42.1 Å². The smallest absolute Gasteiger partial charge is 0.404 e. The number of nitrogens with zero attached hydrogens (tertiary/aromatic N) is 1. The van der Waals surface area contributed by atoms with Gasteiger partial charge in [-0.05, 0) is 24.1 Å². The summed E-state index contributed by atoms with van der Waals surface area (Å²) in [6.07, 6.45) is 1.44. The van der Waals surface area contributed by atoms with Crippen LogP contribution in [0, 0.1) is 12.2 Å². The lowest BCUT2D eigenvalue weighted by atomic mass is 10.1. The van der Waals surface area contributed by atoms with Crippen LogP contribution in [-0.2, 0) is 16.0 Å². The molecular formula is C14H16FN2O3. The van der Waals surface area contributed by atoms with E-state index in [4.69, 9.17) is 10.5 Å². The normalized spacial score (nSPS) is 18.1. The molecule has 20 heavy (non-hydrogen) atoms. The van der Waals surface area contributed by atoms with Crippen molar-refractivity contribution >= 4 is 12.0 Å². The van der Waals surface area contributed by atoms with E-state index in [0.29, 0.717) is 25.9 Å². The van der Waals surface area contributed by atoms with Crippen LogP contribution in [0.2, 0.25) is 0 Å². The summed E-state index contributed by atoms with van der Waals surface area (Å²) >= 11 is 0. The fourth-order valence-electron chi connectivity index (χ4n) is 2.14. The maximum atomic E-state index is 12.7. The van der Waals surface area contributed by atoms with Crippen molar-refractivity contribution in [2.75, 3.05) is 13.1 Å². The van der Waals surface area contributed by atoms with Crippen molar-refractivity contribution in [1.82, 2.24) is 4.90 Å². The first-order valence-electron chi connectivity index (χ1n) is 6.37. The zero-order valence-electron chi connectivity index (χ0n) is 10.9. The Kier molecular flexibility index (Phi) is 4.55. The van der Waals surface area contributed by atoms with E-state index in [1.165, 1.54) is 12.1 Å². The summed E-state index contributed by atoms with van der Waals surface area (Å²) < 4.78 is 17.6. The first-order chi connectivity index (χ1) is 9.54. The molecule has 0 unspecified atom stereocenters. The Bertz CT molecular complexity index is 490. The van der Waals surface area contributed by atoms with Gasteiger partial charge >= 0.3 is 6.09 Å². The summed E-state index contributed by atoms with van der Waals surface area (Å²) in [6, 6.07) is 6.00. The van der Waals surface area contributed by atoms with Crippen LogP contribution < -0.4 is 5.73 Å². The van der Waals surface area contributed by atoms with Crippen molar-refractivity contribution < 1.29 is 18.7 Å². The summed E-state index contributed by atoms with van der Waals surface area (Å²) in [7, 11) is 0. The molecule has 6 heteroatoms. The Morgan fingerprint density at radius 3 is 2.75 bits per heavy atom. The van der Waals surface area contributed by atoms with Crippen molar-refractivity contribution in [1.29, 1.82) is 0 Å². The van der Waals surface area contributed by atoms with Gasteiger partial charge < -0.3 is 15.4 Å². The Balaban J connectivity index is 1.78. The summed E-state index contributed by atoms with van der Waals surface area (Å²) in [6.45, 7) is 0.901. The van der Waals surface area contributed by atoms with Crippen LogP contribution in [0.1, 0.15) is 12.0 Å². The Morgan fingerprint density at radius 2 is 2.10 bits per heavy atom. The van der Waals surface area contributed by atoms with Crippen molar-refractivity contribution in [2.45, 2.75) is 18.9 Å². The number of primary amides is 1. The average Bonchev–Trinajstić information content (AvgIpc) is 2.85. The molecule has 0 bridgehead atoms. The van der Waals surface area contributed by atoms with Crippen molar-refractivity contribution in [2.24, 2.45) is 5.73 Å². The van der Waals surface area contributed by atoms with E-state index >= 15 is 0 Å². The SMILES string of the molecule is NC(=O)O[C@@H]1CCN(C(=O)[CH]Cc2ccc(F)cc2)C1. The number of likely N-dealkylation sites (tertiary alicyclic amines) is 1. The van der Waals surface area contributed by atoms with E-state index in [9.17, 15) is 14.0 Å². The maximum Gasteiger partial charge on any atom is 0.404 e. The molecule has 0 aliphatic carbocycles. The van der Waals surface area contributed by atoms with Crippen LogP contribution in [-0.4, -0.2) is 36.1 Å². The van der Waals surface area contributed by atoms with Crippen LogP contribution in [0.4, 0.5) is 9.18 Å². The molecule has 1 aliphatic rings. The molecular weight excluding hydrogens is 263 g/mol. The molecule has 1 aromatic rings. The highest BCUT2D eigenvalue weighted by Gasteiger charge is 2.28. The Labute approximate surface area is 116 Å². The van der Waals surface area contributed by atoms with Gasteiger partial charge in [-0.25, -0.2) is 9.18 Å². The van der Waals surface area contributed by atoms with Crippen LogP contribution in [0.3, 0.4) is 0 Å². The number of hydrogen-bond donors (Lipinski definition) is 1. The molecule has 0 aromatic heterocycles. The molecule has 2 N–H and O–H groups in total. The van der Waals surface area contributed by atoms with E-state index in [-0.39, 0.29) is 17.8 Å². The number of halogens is 1. The predicted octanol–water partition coefficient (Wildman–Crippen LogP) is 1.27. The van der Waals surface area contributed by atoms with E-state index in [1.807, 2.05) is 0 Å². The summed E-state index contributed by atoms with van der Waals surface area (Å²) in [5, 5.41) is 0. The highest BCUT2D eigenvalue weighted by molar-refractivity contribution is 5.85. The molecule has 1 aliphatic heterocycles. The Morgan fingerprint density at radius 1 is 1.40 bits per heavy atom. The molecule has 1 aromatic carbocycles. The number of carbonyl (C=O) groups is 2. The second kappa shape index (κ2) is 6.36. The van der Waals surface area contributed by atoms with Gasteiger partial charge in [-0.2, -0.15) is 0 Å². The zero-order valence-corrected chi connectivity index (χ0v) is 10.9. The number of benzene rings is 1. The minimum Gasteiger partial charge on any atom is -0.444 e. The third kappa shape index (κ3) is 3.94. The monoisotopic (exact) mass is 279 g/mol. The number of ether oxygens (including phenoxy) is 1. The topological polar surface area (TPSA) is 72.6 Å². The van der Waals surface area contributed by atoms with Crippen LogP contribution in [0.5, 0.6) is 0 Å². The largest absolute Gasteiger partial charge is 0.444 e. The minimum absolute atomic E-state index is 0.120. The average molecular weight is 279 g/mol. The van der Waals surface area contributed by atoms with Crippen molar-refractivity contribution in [3.63, 3.8) is 0 Å². The van der Waals surface area contributed by atoms with Crippen LogP contribution in [0.15, 0.2) is 24.3 Å². The predicted molar refractivity (Wildman–Crippen MR) is 70.1 cm³/mol. The molecule has 5 nitrogen and oxygen atoms in total. The van der Waals surface area contributed by atoms with E-state index in [1.54, 1.807) is 23.5 Å². The molecule has 2 amide bonds. The van der Waals surface area contributed by atoms with Gasteiger partial charge in [0, 0.05) is 13.0 Å². The van der Waals surface area contributed by atoms with E-state index in [0.717, 1.165) is 5.56 Å². The standard InChI is InChI=1S/C14H16FN2O3/c15-11-4-1-10(2-5-11)3-6-13(18)17-8-7-12(9-17)20-14(16)19/h1-2,4-6,12H,3,7-9H2,(H2,16,19)/t12-/m1/s1. The number of rotatable bonds is 4. The first kappa shape index (κ1) is 14.3. The molecule has 0 spiro atoms. The third-order valence-electron chi connectivity index (χ3n) is 3.17. The van der Waals surface area contributed by atoms with E-state index < -0.39 is 6.09 Å². The Hall–Kier alpha value is -2.11. The second-order valence-electron chi connectivity index (χ2n) is 4.67. The molecule has 1 fully saturated rings. The van der Waals surface area contributed by atoms with Gasteiger partial charge in [0.15, 0.2) is 0 Å². The lowest BCUT2D eigenvalue weighted by Gasteiger charge is -2.16.